The number of carbonyl (C=O) groups excluding carboxylic acids is 1. The number of amides is 1. The van der Waals surface area contributed by atoms with Crippen LogP contribution in [0.1, 0.15) is 28.5 Å². The van der Waals surface area contributed by atoms with Crippen molar-refractivity contribution in [3.05, 3.63) is 77.6 Å². The smallest absolute Gasteiger partial charge is 0.253 e. The number of likely N-dealkylation sites (N-methyl/N-ethyl adjacent to an activating group) is 1. The monoisotopic (exact) mass is 443 g/mol. The predicted octanol–water partition coefficient (Wildman–Crippen LogP) is 5.12. The molecule has 1 N–H and O–H groups in total. The highest BCUT2D eigenvalue weighted by Crippen LogP contribution is 2.36. The molecule has 2 aromatic carbocycles. The molecular formula is C27H29N3O3. The summed E-state index contributed by atoms with van der Waals surface area (Å²) in [6.45, 7) is 2.74. The second-order valence-electron chi connectivity index (χ2n) is 7.96. The summed E-state index contributed by atoms with van der Waals surface area (Å²) in [6.07, 6.45) is 3.33. The van der Waals surface area contributed by atoms with Gasteiger partial charge in [-0.15, -0.1) is 0 Å². The van der Waals surface area contributed by atoms with E-state index in [1.165, 1.54) is 5.56 Å². The van der Waals surface area contributed by atoms with E-state index in [0.29, 0.717) is 23.6 Å². The van der Waals surface area contributed by atoms with Gasteiger partial charge >= 0.3 is 0 Å². The largest absolute Gasteiger partial charge is 0.493 e. The van der Waals surface area contributed by atoms with Gasteiger partial charge in [-0.05, 0) is 60.5 Å². The fraction of sp³-hybridized carbons (Fsp3) is 0.259. The van der Waals surface area contributed by atoms with E-state index in [-0.39, 0.29) is 5.91 Å². The number of H-pyrrole nitrogens is 1. The van der Waals surface area contributed by atoms with E-state index in [4.69, 9.17) is 9.47 Å². The number of aromatic amines is 1. The Morgan fingerprint density at radius 3 is 2.55 bits per heavy atom. The molecule has 0 atom stereocenters. The van der Waals surface area contributed by atoms with Crippen molar-refractivity contribution < 1.29 is 14.3 Å². The van der Waals surface area contributed by atoms with Crippen LogP contribution in [0.3, 0.4) is 0 Å². The van der Waals surface area contributed by atoms with Crippen LogP contribution in [-0.2, 0) is 12.8 Å². The minimum Gasteiger partial charge on any atom is -0.493 e. The zero-order chi connectivity index (χ0) is 23.4. The minimum atomic E-state index is 0.00347. The standard InChI is InChI=1S/C27H29N3O3/c1-5-21-22-16-19(27(31)30(2)15-13-20-8-6-7-14-28-20)9-11-23(22)29-26(21)18-10-12-24(32-3)25(17-18)33-4/h6-12,14,16-17,29H,5,13,15H2,1-4H3. The zero-order valence-corrected chi connectivity index (χ0v) is 19.5. The van der Waals surface area contributed by atoms with Gasteiger partial charge < -0.3 is 19.4 Å². The first-order valence-electron chi connectivity index (χ1n) is 11.1. The number of pyridine rings is 1. The predicted molar refractivity (Wildman–Crippen MR) is 131 cm³/mol. The molecule has 6 heteroatoms. The van der Waals surface area contributed by atoms with Crippen molar-refractivity contribution in [3.63, 3.8) is 0 Å². The fourth-order valence-corrected chi connectivity index (χ4v) is 4.14. The SMILES string of the molecule is CCc1c(-c2ccc(OC)c(OC)c2)[nH]c2ccc(C(=O)N(C)CCc3ccccn3)cc12. The molecule has 0 spiro atoms. The number of hydrogen-bond donors (Lipinski definition) is 1. The molecule has 6 nitrogen and oxygen atoms in total. The van der Waals surface area contributed by atoms with Gasteiger partial charge in [0, 0.05) is 59.6 Å². The zero-order valence-electron chi connectivity index (χ0n) is 19.5. The number of ether oxygens (including phenoxy) is 2. The van der Waals surface area contributed by atoms with Gasteiger partial charge in [0.2, 0.25) is 0 Å². The molecule has 4 rings (SSSR count). The summed E-state index contributed by atoms with van der Waals surface area (Å²) in [5.74, 6) is 1.38. The van der Waals surface area contributed by atoms with Gasteiger partial charge in [-0.2, -0.15) is 0 Å². The third-order valence-corrected chi connectivity index (χ3v) is 5.96. The molecule has 0 fully saturated rings. The maximum absolute atomic E-state index is 13.1. The summed E-state index contributed by atoms with van der Waals surface area (Å²) < 4.78 is 10.9. The lowest BCUT2D eigenvalue weighted by Crippen LogP contribution is -2.29. The van der Waals surface area contributed by atoms with Gasteiger partial charge in [-0.1, -0.05) is 13.0 Å². The molecular weight excluding hydrogens is 414 g/mol. The Kier molecular flexibility index (Phi) is 6.63. The van der Waals surface area contributed by atoms with Crippen molar-refractivity contribution in [1.29, 1.82) is 0 Å². The molecule has 170 valence electrons. The number of methoxy groups -OCH3 is 2. The van der Waals surface area contributed by atoms with Crippen molar-refractivity contribution in [3.8, 4) is 22.8 Å². The van der Waals surface area contributed by atoms with Crippen LogP contribution in [0.5, 0.6) is 11.5 Å². The van der Waals surface area contributed by atoms with Crippen molar-refractivity contribution >= 4 is 16.8 Å². The van der Waals surface area contributed by atoms with Crippen molar-refractivity contribution in [2.45, 2.75) is 19.8 Å². The van der Waals surface area contributed by atoms with E-state index in [0.717, 1.165) is 40.7 Å². The third kappa shape index (κ3) is 4.55. The summed E-state index contributed by atoms with van der Waals surface area (Å²) in [5, 5.41) is 1.06. The average molecular weight is 444 g/mol. The molecule has 0 saturated heterocycles. The first kappa shape index (κ1) is 22.4. The molecule has 0 saturated carbocycles. The topological polar surface area (TPSA) is 67.5 Å². The highest BCUT2D eigenvalue weighted by atomic mass is 16.5. The number of fused-ring (bicyclic) bond motifs is 1. The number of nitrogens with one attached hydrogen (secondary N) is 1. The highest BCUT2D eigenvalue weighted by molar-refractivity contribution is 6.00. The van der Waals surface area contributed by atoms with Gasteiger partial charge in [-0.25, -0.2) is 0 Å². The lowest BCUT2D eigenvalue weighted by atomic mass is 10.0. The maximum atomic E-state index is 13.1. The van der Waals surface area contributed by atoms with Crippen LogP contribution in [0.25, 0.3) is 22.2 Å². The van der Waals surface area contributed by atoms with Crippen molar-refractivity contribution in [2.24, 2.45) is 0 Å². The number of aryl methyl sites for hydroxylation is 1. The number of hydrogen-bond acceptors (Lipinski definition) is 4. The third-order valence-electron chi connectivity index (χ3n) is 5.96. The Bertz CT molecular complexity index is 1260. The Morgan fingerprint density at radius 2 is 1.85 bits per heavy atom. The van der Waals surface area contributed by atoms with Crippen LogP contribution in [-0.4, -0.2) is 48.6 Å². The minimum absolute atomic E-state index is 0.00347. The van der Waals surface area contributed by atoms with Gasteiger partial charge in [0.05, 0.1) is 14.2 Å². The molecule has 0 bridgehead atoms. The maximum Gasteiger partial charge on any atom is 0.253 e. The normalized spacial score (nSPS) is 10.9. The average Bonchev–Trinajstić information content (AvgIpc) is 3.24. The number of benzene rings is 2. The van der Waals surface area contributed by atoms with E-state index < -0.39 is 0 Å². The number of aromatic nitrogens is 2. The molecule has 33 heavy (non-hydrogen) atoms. The Labute approximate surface area is 194 Å². The first-order chi connectivity index (χ1) is 16.0. The Morgan fingerprint density at radius 1 is 1.03 bits per heavy atom. The molecule has 0 aliphatic heterocycles. The molecule has 2 heterocycles. The lowest BCUT2D eigenvalue weighted by molar-refractivity contribution is 0.0796. The van der Waals surface area contributed by atoms with Gasteiger partial charge in [0.1, 0.15) is 0 Å². The second kappa shape index (κ2) is 9.77. The molecule has 0 aliphatic rings. The van der Waals surface area contributed by atoms with E-state index in [2.05, 4.69) is 16.9 Å². The Balaban J connectivity index is 1.63. The van der Waals surface area contributed by atoms with Gasteiger partial charge in [0.15, 0.2) is 11.5 Å². The Hall–Kier alpha value is -3.80. The van der Waals surface area contributed by atoms with Crippen LogP contribution in [0, 0.1) is 0 Å². The van der Waals surface area contributed by atoms with Crippen LogP contribution >= 0.6 is 0 Å². The lowest BCUT2D eigenvalue weighted by Gasteiger charge is -2.17. The summed E-state index contributed by atoms with van der Waals surface area (Å²) in [7, 11) is 5.10. The number of rotatable bonds is 8. The summed E-state index contributed by atoms with van der Waals surface area (Å²) in [6, 6.07) is 17.6. The molecule has 1 amide bonds. The van der Waals surface area contributed by atoms with Gasteiger partial charge in [0.25, 0.3) is 5.91 Å². The van der Waals surface area contributed by atoms with E-state index in [1.807, 2.05) is 61.6 Å². The van der Waals surface area contributed by atoms with E-state index in [1.54, 1.807) is 25.3 Å². The number of nitrogens with zero attached hydrogens (tertiary/aromatic N) is 2. The second-order valence-corrected chi connectivity index (χ2v) is 7.96. The molecule has 4 aromatic rings. The first-order valence-corrected chi connectivity index (χ1v) is 11.1. The highest BCUT2D eigenvalue weighted by Gasteiger charge is 2.17. The van der Waals surface area contributed by atoms with Crippen LogP contribution in [0.15, 0.2) is 60.8 Å². The fourth-order valence-electron chi connectivity index (χ4n) is 4.14. The van der Waals surface area contributed by atoms with E-state index in [9.17, 15) is 4.79 Å². The van der Waals surface area contributed by atoms with Crippen LogP contribution in [0.2, 0.25) is 0 Å². The number of carbonyl (C=O) groups is 1. The summed E-state index contributed by atoms with van der Waals surface area (Å²) in [5.41, 5.74) is 5.87. The summed E-state index contributed by atoms with van der Waals surface area (Å²) in [4.78, 5) is 22.7. The molecule has 0 radical (unpaired) electrons. The van der Waals surface area contributed by atoms with Crippen LogP contribution in [0.4, 0.5) is 0 Å². The summed E-state index contributed by atoms with van der Waals surface area (Å²) >= 11 is 0. The quantitative estimate of drug-likeness (QED) is 0.410. The van der Waals surface area contributed by atoms with Crippen LogP contribution < -0.4 is 9.47 Å². The van der Waals surface area contributed by atoms with Crippen molar-refractivity contribution in [2.75, 3.05) is 27.8 Å². The van der Waals surface area contributed by atoms with Gasteiger partial charge in [-0.3, -0.25) is 9.78 Å². The molecule has 0 aliphatic carbocycles. The van der Waals surface area contributed by atoms with E-state index >= 15 is 0 Å². The molecule has 0 unspecified atom stereocenters. The molecule has 2 aromatic heterocycles. The van der Waals surface area contributed by atoms with Crippen molar-refractivity contribution in [1.82, 2.24) is 14.9 Å².